The fraction of sp³-hybridized carbons (Fsp3) is 0.917. The van der Waals surface area contributed by atoms with Crippen LogP contribution in [0.15, 0.2) is 4.99 Å². The lowest BCUT2D eigenvalue weighted by atomic mass is 10.4. The molecule has 1 heterocycles. The molecule has 0 aromatic heterocycles. The Bertz CT molecular complexity index is 384. The van der Waals surface area contributed by atoms with Crippen molar-refractivity contribution in [2.45, 2.75) is 13.3 Å². The molecule has 1 fully saturated rings. The maximum absolute atomic E-state index is 11.3. The fourth-order valence-corrected chi connectivity index (χ4v) is 3.16. The van der Waals surface area contributed by atoms with Gasteiger partial charge in [0, 0.05) is 45.9 Å². The highest BCUT2D eigenvalue weighted by atomic mass is 32.2. The first-order chi connectivity index (χ1) is 9.53. The Morgan fingerprint density at radius 2 is 2.10 bits per heavy atom. The summed E-state index contributed by atoms with van der Waals surface area (Å²) in [6.45, 7) is 6.72. The van der Waals surface area contributed by atoms with Gasteiger partial charge in [-0.15, -0.1) is 0 Å². The third-order valence-electron chi connectivity index (χ3n) is 3.10. The van der Waals surface area contributed by atoms with Gasteiger partial charge in [-0.3, -0.25) is 9.89 Å². The summed E-state index contributed by atoms with van der Waals surface area (Å²) in [7, 11) is -2.80. The monoisotopic (exact) mass is 306 g/mol. The minimum Gasteiger partial charge on any atom is -0.382 e. The van der Waals surface area contributed by atoms with E-state index in [9.17, 15) is 8.42 Å². The molecule has 0 aromatic rings. The van der Waals surface area contributed by atoms with Crippen molar-refractivity contribution in [1.82, 2.24) is 10.2 Å². The zero-order valence-electron chi connectivity index (χ0n) is 12.2. The third-order valence-corrected chi connectivity index (χ3v) is 4.71. The van der Waals surface area contributed by atoms with Crippen LogP contribution in [-0.4, -0.2) is 76.7 Å². The molecule has 1 saturated heterocycles. The molecule has 0 atom stereocenters. The summed E-state index contributed by atoms with van der Waals surface area (Å²) in [6, 6.07) is 0. The SMILES string of the molecule is CCOCCCN=C(N)NCCN1CCS(=O)(=O)CC1. The molecule has 3 N–H and O–H groups in total. The molecule has 1 aliphatic heterocycles. The van der Waals surface area contributed by atoms with Crippen LogP contribution >= 0.6 is 0 Å². The highest BCUT2D eigenvalue weighted by Gasteiger charge is 2.20. The van der Waals surface area contributed by atoms with Crippen molar-refractivity contribution >= 4 is 15.8 Å². The van der Waals surface area contributed by atoms with Gasteiger partial charge >= 0.3 is 0 Å². The maximum atomic E-state index is 11.3. The second-order valence-corrected chi connectivity index (χ2v) is 7.04. The van der Waals surface area contributed by atoms with Crippen molar-refractivity contribution in [2.24, 2.45) is 10.7 Å². The average molecular weight is 306 g/mol. The van der Waals surface area contributed by atoms with Gasteiger partial charge in [-0.25, -0.2) is 8.42 Å². The first-order valence-corrected chi connectivity index (χ1v) is 8.90. The van der Waals surface area contributed by atoms with Crippen LogP contribution in [-0.2, 0) is 14.6 Å². The van der Waals surface area contributed by atoms with Gasteiger partial charge < -0.3 is 15.8 Å². The van der Waals surface area contributed by atoms with Crippen molar-refractivity contribution in [3.05, 3.63) is 0 Å². The molecule has 118 valence electrons. The molecule has 8 heteroatoms. The summed E-state index contributed by atoms with van der Waals surface area (Å²) >= 11 is 0. The van der Waals surface area contributed by atoms with Crippen LogP contribution < -0.4 is 11.1 Å². The number of rotatable bonds is 8. The lowest BCUT2D eigenvalue weighted by Gasteiger charge is -2.26. The second kappa shape index (κ2) is 9.15. The fourth-order valence-electron chi connectivity index (χ4n) is 1.88. The molecule has 0 spiro atoms. The van der Waals surface area contributed by atoms with Crippen molar-refractivity contribution < 1.29 is 13.2 Å². The normalized spacial score (nSPS) is 19.9. The van der Waals surface area contributed by atoms with E-state index >= 15 is 0 Å². The molecule has 0 bridgehead atoms. The van der Waals surface area contributed by atoms with Gasteiger partial charge in [-0.2, -0.15) is 0 Å². The quantitative estimate of drug-likeness (QED) is 0.341. The second-order valence-electron chi connectivity index (χ2n) is 4.74. The van der Waals surface area contributed by atoms with Crippen LogP contribution in [0.5, 0.6) is 0 Å². The van der Waals surface area contributed by atoms with Gasteiger partial charge in [0.25, 0.3) is 0 Å². The van der Waals surface area contributed by atoms with Gasteiger partial charge in [-0.1, -0.05) is 0 Å². The number of sulfone groups is 1. The number of guanidine groups is 1. The molecule has 1 aliphatic rings. The predicted molar refractivity (Wildman–Crippen MR) is 80.7 cm³/mol. The van der Waals surface area contributed by atoms with Crippen molar-refractivity contribution in [3.63, 3.8) is 0 Å². The number of hydrogen-bond donors (Lipinski definition) is 2. The van der Waals surface area contributed by atoms with Crippen molar-refractivity contribution in [3.8, 4) is 0 Å². The Kier molecular flexibility index (Phi) is 7.86. The zero-order chi connectivity index (χ0) is 14.8. The van der Waals surface area contributed by atoms with Crippen LogP contribution in [0.4, 0.5) is 0 Å². The van der Waals surface area contributed by atoms with Gasteiger partial charge in [-0.05, 0) is 13.3 Å². The minimum absolute atomic E-state index is 0.258. The van der Waals surface area contributed by atoms with Gasteiger partial charge in [0.05, 0.1) is 11.5 Å². The smallest absolute Gasteiger partial charge is 0.188 e. The highest BCUT2D eigenvalue weighted by Crippen LogP contribution is 2.02. The van der Waals surface area contributed by atoms with Crippen LogP contribution in [0.1, 0.15) is 13.3 Å². The number of aliphatic imine (C=N–C) groups is 1. The molecule has 1 rings (SSSR count). The molecular formula is C12H26N4O3S. The summed E-state index contributed by atoms with van der Waals surface area (Å²) in [5.74, 6) is 0.952. The molecule has 0 saturated carbocycles. The van der Waals surface area contributed by atoms with Crippen LogP contribution in [0.3, 0.4) is 0 Å². The molecule has 7 nitrogen and oxygen atoms in total. The summed E-state index contributed by atoms with van der Waals surface area (Å²) in [4.78, 5) is 6.31. The number of nitrogens with two attached hydrogens (primary N) is 1. The summed E-state index contributed by atoms with van der Waals surface area (Å²) in [5, 5.41) is 3.04. The van der Waals surface area contributed by atoms with E-state index in [1.165, 1.54) is 0 Å². The molecule has 20 heavy (non-hydrogen) atoms. The Balaban J connectivity index is 2.07. The Hall–Kier alpha value is -0.860. The highest BCUT2D eigenvalue weighted by molar-refractivity contribution is 7.91. The van der Waals surface area contributed by atoms with E-state index in [4.69, 9.17) is 10.5 Å². The average Bonchev–Trinajstić information content (AvgIpc) is 2.40. The minimum atomic E-state index is -2.80. The van der Waals surface area contributed by atoms with E-state index in [-0.39, 0.29) is 11.5 Å². The lowest BCUT2D eigenvalue weighted by Crippen LogP contribution is -2.44. The number of hydrogen-bond acceptors (Lipinski definition) is 5. The number of nitrogens with zero attached hydrogens (tertiary/aromatic N) is 2. The summed E-state index contributed by atoms with van der Waals surface area (Å²) in [5.41, 5.74) is 5.73. The van der Waals surface area contributed by atoms with E-state index in [2.05, 4.69) is 15.2 Å². The van der Waals surface area contributed by atoms with E-state index in [0.29, 0.717) is 38.7 Å². The third kappa shape index (κ3) is 7.66. The van der Waals surface area contributed by atoms with E-state index in [1.54, 1.807) is 0 Å². The first-order valence-electron chi connectivity index (χ1n) is 7.08. The van der Waals surface area contributed by atoms with Gasteiger partial charge in [0.1, 0.15) is 0 Å². The Morgan fingerprint density at radius 3 is 2.75 bits per heavy atom. The lowest BCUT2D eigenvalue weighted by molar-refractivity contribution is 0.146. The zero-order valence-corrected chi connectivity index (χ0v) is 13.0. The summed E-state index contributed by atoms with van der Waals surface area (Å²) < 4.78 is 27.8. The van der Waals surface area contributed by atoms with Crippen LogP contribution in [0.25, 0.3) is 0 Å². The molecule has 0 unspecified atom stereocenters. The van der Waals surface area contributed by atoms with Crippen LogP contribution in [0.2, 0.25) is 0 Å². The molecule has 0 amide bonds. The molecule has 0 aromatic carbocycles. The standard InChI is InChI=1S/C12H26N4O3S/c1-2-19-9-3-4-14-12(13)15-5-6-16-7-10-20(17,18)11-8-16/h2-11H2,1H3,(H3,13,14,15). The summed E-state index contributed by atoms with van der Waals surface area (Å²) in [6.07, 6.45) is 0.861. The van der Waals surface area contributed by atoms with E-state index in [1.807, 2.05) is 6.92 Å². The van der Waals surface area contributed by atoms with Crippen molar-refractivity contribution in [1.29, 1.82) is 0 Å². The first kappa shape index (κ1) is 17.2. The van der Waals surface area contributed by atoms with E-state index in [0.717, 1.165) is 19.6 Å². The topological polar surface area (TPSA) is 97.0 Å². The number of nitrogens with one attached hydrogen (secondary N) is 1. The Morgan fingerprint density at radius 1 is 1.40 bits per heavy atom. The van der Waals surface area contributed by atoms with Gasteiger partial charge in [0.2, 0.25) is 0 Å². The van der Waals surface area contributed by atoms with Gasteiger partial charge in [0.15, 0.2) is 15.8 Å². The largest absolute Gasteiger partial charge is 0.382 e. The van der Waals surface area contributed by atoms with Crippen LogP contribution in [0, 0.1) is 0 Å². The van der Waals surface area contributed by atoms with E-state index < -0.39 is 9.84 Å². The maximum Gasteiger partial charge on any atom is 0.188 e. The molecular weight excluding hydrogens is 280 g/mol. The predicted octanol–water partition coefficient (Wildman–Crippen LogP) is -0.952. The molecule has 0 radical (unpaired) electrons. The Labute approximate surface area is 121 Å². The number of ether oxygens (including phenoxy) is 1. The molecule has 0 aliphatic carbocycles. The van der Waals surface area contributed by atoms with Crippen molar-refractivity contribution in [2.75, 3.05) is 57.4 Å².